The minimum absolute atomic E-state index is 0.0333. The van der Waals surface area contributed by atoms with Gasteiger partial charge in [-0.1, -0.05) is 6.07 Å². The SMILES string of the molecule is CNC(=O)COc1cccc(NCCNC(C)(C)C)c1. The van der Waals surface area contributed by atoms with E-state index < -0.39 is 0 Å². The monoisotopic (exact) mass is 279 g/mol. The quantitative estimate of drug-likeness (QED) is 0.664. The molecule has 1 amide bonds. The van der Waals surface area contributed by atoms with Crippen LogP contribution in [0.5, 0.6) is 5.75 Å². The number of hydrogen-bond acceptors (Lipinski definition) is 4. The molecule has 0 heterocycles. The van der Waals surface area contributed by atoms with Gasteiger partial charge in [-0.15, -0.1) is 0 Å². The van der Waals surface area contributed by atoms with Crippen molar-refractivity contribution in [3.8, 4) is 5.75 Å². The van der Waals surface area contributed by atoms with Crippen LogP contribution < -0.4 is 20.7 Å². The topological polar surface area (TPSA) is 62.4 Å². The summed E-state index contributed by atoms with van der Waals surface area (Å²) in [6.07, 6.45) is 0. The number of rotatable bonds is 7. The maximum absolute atomic E-state index is 11.1. The summed E-state index contributed by atoms with van der Waals surface area (Å²) in [6.45, 7) is 8.16. The van der Waals surface area contributed by atoms with Crippen LogP contribution in [0.4, 0.5) is 5.69 Å². The summed E-state index contributed by atoms with van der Waals surface area (Å²) < 4.78 is 5.39. The van der Waals surface area contributed by atoms with Gasteiger partial charge in [0.25, 0.3) is 5.91 Å². The zero-order chi connectivity index (χ0) is 15.0. The van der Waals surface area contributed by atoms with Gasteiger partial charge in [0.15, 0.2) is 6.61 Å². The molecule has 0 saturated carbocycles. The first kappa shape index (κ1) is 16.3. The first-order valence-corrected chi connectivity index (χ1v) is 6.83. The van der Waals surface area contributed by atoms with Gasteiger partial charge < -0.3 is 20.7 Å². The van der Waals surface area contributed by atoms with Gasteiger partial charge in [-0.25, -0.2) is 0 Å². The van der Waals surface area contributed by atoms with E-state index >= 15 is 0 Å². The van der Waals surface area contributed by atoms with E-state index in [0.717, 1.165) is 18.8 Å². The second-order valence-electron chi connectivity index (χ2n) is 5.59. The number of likely N-dealkylation sites (N-methyl/N-ethyl adjacent to an activating group) is 1. The first-order valence-electron chi connectivity index (χ1n) is 6.83. The smallest absolute Gasteiger partial charge is 0.257 e. The molecule has 0 unspecified atom stereocenters. The molecule has 0 aliphatic heterocycles. The van der Waals surface area contributed by atoms with Crippen LogP contribution >= 0.6 is 0 Å². The molecule has 1 rings (SSSR count). The van der Waals surface area contributed by atoms with Crippen molar-refractivity contribution in [3.63, 3.8) is 0 Å². The molecule has 112 valence electrons. The fraction of sp³-hybridized carbons (Fsp3) is 0.533. The van der Waals surface area contributed by atoms with Crippen LogP contribution in [0.15, 0.2) is 24.3 Å². The molecular formula is C15H25N3O2. The Morgan fingerprint density at radius 3 is 2.65 bits per heavy atom. The second kappa shape index (κ2) is 7.75. The summed E-state index contributed by atoms with van der Waals surface area (Å²) in [7, 11) is 1.59. The average Bonchev–Trinajstić information content (AvgIpc) is 2.40. The van der Waals surface area contributed by atoms with Gasteiger partial charge in [0, 0.05) is 37.4 Å². The van der Waals surface area contributed by atoms with E-state index in [0.29, 0.717) is 5.75 Å². The number of ether oxygens (including phenoxy) is 1. The highest BCUT2D eigenvalue weighted by Gasteiger charge is 2.07. The van der Waals surface area contributed by atoms with E-state index in [-0.39, 0.29) is 18.1 Å². The standard InChI is InChI=1S/C15H25N3O2/c1-15(2,3)18-9-8-17-12-6-5-7-13(10-12)20-11-14(19)16-4/h5-7,10,17-18H,8-9,11H2,1-4H3,(H,16,19). The van der Waals surface area contributed by atoms with Crippen molar-refractivity contribution in [2.45, 2.75) is 26.3 Å². The number of benzene rings is 1. The highest BCUT2D eigenvalue weighted by atomic mass is 16.5. The van der Waals surface area contributed by atoms with Gasteiger partial charge in [0.05, 0.1) is 0 Å². The van der Waals surface area contributed by atoms with Crippen molar-refractivity contribution in [1.82, 2.24) is 10.6 Å². The minimum Gasteiger partial charge on any atom is -0.484 e. The summed E-state index contributed by atoms with van der Waals surface area (Å²) in [6, 6.07) is 7.60. The number of amides is 1. The van der Waals surface area contributed by atoms with Crippen LogP contribution in [-0.4, -0.2) is 38.2 Å². The van der Waals surface area contributed by atoms with Gasteiger partial charge in [-0.3, -0.25) is 4.79 Å². The molecule has 5 nitrogen and oxygen atoms in total. The Hall–Kier alpha value is -1.75. The Morgan fingerprint density at radius 1 is 1.25 bits per heavy atom. The van der Waals surface area contributed by atoms with E-state index in [1.807, 2.05) is 24.3 Å². The van der Waals surface area contributed by atoms with Crippen LogP contribution in [0.25, 0.3) is 0 Å². The summed E-state index contributed by atoms with van der Waals surface area (Å²) in [5.41, 5.74) is 1.11. The normalized spacial score (nSPS) is 11.0. The Balaban J connectivity index is 2.38. The Kier molecular flexibility index (Phi) is 6.31. The number of nitrogens with one attached hydrogen (secondary N) is 3. The molecule has 20 heavy (non-hydrogen) atoms. The number of hydrogen-bond donors (Lipinski definition) is 3. The maximum Gasteiger partial charge on any atom is 0.257 e. The molecule has 0 aliphatic rings. The lowest BCUT2D eigenvalue weighted by atomic mass is 10.1. The third kappa shape index (κ3) is 6.99. The summed E-state index contributed by atoms with van der Waals surface area (Å²) >= 11 is 0. The molecule has 1 aromatic carbocycles. The second-order valence-corrected chi connectivity index (χ2v) is 5.59. The first-order chi connectivity index (χ1) is 9.40. The van der Waals surface area contributed by atoms with E-state index in [1.165, 1.54) is 0 Å². The van der Waals surface area contributed by atoms with Crippen molar-refractivity contribution in [1.29, 1.82) is 0 Å². The lowest BCUT2D eigenvalue weighted by Gasteiger charge is -2.20. The molecule has 0 radical (unpaired) electrons. The predicted octanol–water partition coefficient (Wildman–Crippen LogP) is 1.61. The molecule has 3 N–H and O–H groups in total. The van der Waals surface area contributed by atoms with Crippen LogP contribution in [0, 0.1) is 0 Å². The van der Waals surface area contributed by atoms with E-state index in [1.54, 1.807) is 7.05 Å². The highest BCUT2D eigenvalue weighted by molar-refractivity contribution is 5.77. The van der Waals surface area contributed by atoms with Crippen LogP contribution in [0.1, 0.15) is 20.8 Å². The lowest BCUT2D eigenvalue weighted by molar-refractivity contribution is -0.122. The summed E-state index contributed by atoms with van der Waals surface area (Å²) in [5.74, 6) is 0.542. The third-order valence-corrected chi connectivity index (χ3v) is 2.59. The Labute approximate surface area is 121 Å². The average molecular weight is 279 g/mol. The minimum atomic E-state index is -0.141. The molecule has 0 fully saturated rings. The number of anilines is 1. The van der Waals surface area contributed by atoms with Crippen LogP contribution in [-0.2, 0) is 4.79 Å². The molecular weight excluding hydrogens is 254 g/mol. The molecule has 0 atom stereocenters. The Morgan fingerprint density at radius 2 is 2.00 bits per heavy atom. The summed E-state index contributed by atoms with van der Waals surface area (Å²) in [4.78, 5) is 11.1. The summed E-state index contributed by atoms with van der Waals surface area (Å²) in [5, 5.41) is 9.24. The molecule has 5 heteroatoms. The third-order valence-electron chi connectivity index (χ3n) is 2.59. The van der Waals surface area contributed by atoms with Gasteiger partial charge in [0.1, 0.15) is 5.75 Å². The van der Waals surface area contributed by atoms with E-state index in [2.05, 4.69) is 36.7 Å². The number of carbonyl (C=O) groups is 1. The molecule has 0 aliphatic carbocycles. The van der Waals surface area contributed by atoms with Crippen molar-refractivity contribution in [2.24, 2.45) is 0 Å². The molecule has 1 aromatic rings. The van der Waals surface area contributed by atoms with Gasteiger partial charge in [0.2, 0.25) is 0 Å². The zero-order valence-corrected chi connectivity index (χ0v) is 12.7. The van der Waals surface area contributed by atoms with Gasteiger partial charge in [-0.05, 0) is 32.9 Å². The molecule has 0 saturated heterocycles. The van der Waals surface area contributed by atoms with Crippen molar-refractivity contribution in [2.75, 3.05) is 32.1 Å². The largest absolute Gasteiger partial charge is 0.484 e. The van der Waals surface area contributed by atoms with Gasteiger partial charge >= 0.3 is 0 Å². The lowest BCUT2D eigenvalue weighted by Crippen LogP contribution is -2.38. The van der Waals surface area contributed by atoms with Crippen LogP contribution in [0.3, 0.4) is 0 Å². The van der Waals surface area contributed by atoms with Crippen molar-refractivity contribution < 1.29 is 9.53 Å². The molecule has 0 bridgehead atoms. The van der Waals surface area contributed by atoms with Crippen LogP contribution in [0.2, 0.25) is 0 Å². The predicted molar refractivity (Wildman–Crippen MR) is 82.2 cm³/mol. The molecule has 0 spiro atoms. The number of carbonyl (C=O) groups excluding carboxylic acids is 1. The highest BCUT2D eigenvalue weighted by Crippen LogP contribution is 2.16. The van der Waals surface area contributed by atoms with E-state index in [9.17, 15) is 4.79 Å². The van der Waals surface area contributed by atoms with E-state index in [4.69, 9.17) is 4.74 Å². The fourth-order valence-electron chi connectivity index (χ4n) is 1.56. The molecule has 0 aromatic heterocycles. The van der Waals surface area contributed by atoms with Crippen molar-refractivity contribution >= 4 is 11.6 Å². The van der Waals surface area contributed by atoms with Crippen molar-refractivity contribution in [3.05, 3.63) is 24.3 Å². The zero-order valence-electron chi connectivity index (χ0n) is 12.7. The Bertz CT molecular complexity index is 427. The van der Waals surface area contributed by atoms with Gasteiger partial charge in [-0.2, -0.15) is 0 Å². The maximum atomic E-state index is 11.1. The fourth-order valence-corrected chi connectivity index (χ4v) is 1.56.